The van der Waals surface area contributed by atoms with Gasteiger partial charge in [0.05, 0.1) is 4.90 Å². The monoisotopic (exact) mass is 322 g/mol. The van der Waals surface area contributed by atoms with Gasteiger partial charge in [-0.2, -0.15) is 17.0 Å². The molecule has 6 nitrogen and oxygen atoms in total. The molecule has 1 aromatic carbocycles. The zero-order valence-electron chi connectivity index (χ0n) is 11.4. The van der Waals surface area contributed by atoms with Crippen LogP contribution in [0.1, 0.15) is 12.0 Å². The molecule has 1 aliphatic heterocycles. The van der Waals surface area contributed by atoms with E-state index in [4.69, 9.17) is 0 Å². The fourth-order valence-corrected chi connectivity index (χ4v) is 4.13. The Morgan fingerprint density at radius 1 is 1.33 bits per heavy atom. The normalized spacial score (nSPS) is 15.8. The predicted octanol–water partition coefficient (Wildman–Crippen LogP) is 1.79. The Morgan fingerprint density at radius 2 is 2.19 bits per heavy atom. The van der Waals surface area contributed by atoms with E-state index in [9.17, 15) is 8.42 Å². The van der Waals surface area contributed by atoms with E-state index < -0.39 is 9.84 Å². The van der Waals surface area contributed by atoms with Crippen LogP contribution in [0.4, 0.5) is 0 Å². The summed E-state index contributed by atoms with van der Waals surface area (Å²) in [6.07, 6.45) is 4.24. The fraction of sp³-hybridized carbons (Fsp3) is 0.308. The number of thioether (sulfide) groups is 1. The first-order valence-electron chi connectivity index (χ1n) is 6.41. The van der Waals surface area contributed by atoms with Crippen LogP contribution in [0.2, 0.25) is 0 Å². The summed E-state index contributed by atoms with van der Waals surface area (Å²) in [7, 11) is -3.37. The second-order valence-electron chi connectivity index (χ2n) is 4.74. The zero-order chi connectivity index (χ0) is 14.9. The molecule has 2 aromatic rings. The third-order valence-corrected chi connectivity index (χ3v) is 5.34. The number of nitrogens with zero attached hydrogens (tertiary/aromatic N) is 3. The maximum Gasteiger partial charge on any atom is 0.206 e. The number of hydrogen-bond acceptors (Lipinski definition) is 6. The molecular weight excluding hydrogens is 308 g/mol. The number of tetrazole rings is 1. The van der Waals surface area contributed by atoms with Crippen LogP contribution >= 0.6 is 11.8 Å². The van der Waals surface area contributed by atoms with Crippen molar-refractivity contribution in [1.82, 2.24) is 20.6 Å². The molecule has 1 aromatic heterocycles. The molecule has 8 heteroatoms. The van der Waals surface area contributed by atoms with Crippen molar-refractivity contribution in [3.8, 4) is 11.4 Å². The molecule has 0 aliphatic carbocycles. The summed E-state index contributed by atoms with van der Waals surface area (Å²) in [6.45, 7) is 0. The van der Waals surface area contributed by atoms with Crippen molar-refractivity contribution in [3.63, 3.8) is 0 Å². The summed E-state index contributed by atoms with van der Waals surface area (Å²) in [5, 5.41) is 13.9. The molecule has 21 heavy (non-hydrogen) atoms. The van der Waals surface area contributed by atoms with Crippen molar-refractivity contribution in [2.75, 3.05) is 17.8 Å². The van der Waals surface area contributed by atoms with Gasteiger partial charge >= 0.3 is 0 Å². The second-order valence-corrected chi connectivity index (χ2v) is 7.87. The number of nitrogens with one attached hydrogen (secondary N) is 1. The van der Waals surface area contributed by atoms with Gasteiger partial charge in [-0.25, -0.2) is 8.42 Å². The number of hydrogen-bond donors (Lipinski definition) is 1. The lowest BCUT2D eigenvalue weighted by atomic mass is 9.97. The van der Waals surface area contributed by atoms with Gasteiger partial charge in [-0.05, 0) is 34.6 Å². The third kappa shape index (κ3) is 2.86. The lowest BCUT2D eigenvalue weighted by Gasteiger charge is -2.17. The molecule has 0 unspecified atom stereocenters. The number of aromatic nitrogens is 4. The minimum absolute atomic E-state index is 0.237. The first-order valence-corrected chi connectivity index (χ1v) is 9.46. The summed E-state index contributed by atoms with van der Waals surface area (Å²) >= 11 is 1.86. The first kappa shape index (κ1) is 14.3. The minimum atomic E-state index is -3.37. The number of sulfone groups is 1. The first-order chi connectivity index (χ1) is 10.1. The van der Waals surface area contributed by atoms with E-state index in [2.05, 4.69) is 26.7 Å². The quantitative estimate of drug-likeness (QED) is 0.927. The van der Waals surface area contributed by atoms with Crippen LogP contribution in [-0.2, 0) is 9.84 Å². The van der Waals surface area contributed by atoms with Crippen LogP contribution < -0.4 is 0 Å². The molecule has 0 saturated heterocycles. The summed E-state index contributed by atoms with van der Waals surface area (Å²) in [6, 6.07) is 5.27. The summed E-state index contributed by atoms with van der Waals surface area (Å²) in [4.78, 5) is 0.237. The van der Waals surface area contributed by atoms with Gasteiger partial charge in [-0.15, -0.1) is 10.2 Å². The Bertz CT molecular complexity index is 783. The van der Waals surface area contributed by atoms with E-state index >= 15 is 0 Å². The third-order valence-electron chi connectivity index (χ3n) is 3.30. The second kappa shape index (κ2) is 5.61. The fourth-order valence-electron chi connectivity index (χ4n) is 2.38. The smallest absolute Gasteiger partial charge is 0.206 e. The molecule has 0 atom stereocenters. The van der Waals surface area contributed by atoms with E-state index in [-0.39, 0.29) is 4.90 Å². The van der Waals surface area contributed by atoms with Gasteiger partial charge in [0.15, 0.2) is 9.84 Å². The maximum absolute atomic E-state index is 12.1. The average molecular weight is 322 g/mol. The van der Waals surface area contributed by atoms with Crippen molar-refractivity contribution >= 4 is 27.2 Å². The highest BCUT2D eigenvalue weighted by Gasteiger charge is 2.23. The van der Waals surface area contributed by atoms with Crippen molar-refractivity contribution in [2.45, 2.75) is 11.3 Å². The van der Waals surface area contributed by atoms with Gasteiger partial charge in [0.2, 0.25) is 5.82 Å². The number of H-pyrrole nitrogens is 1. The summed E-state index contributed by atoms with van der Waals surface area (Å²) < 4.78 is 24.1. The van der Waals surface area contributed by atoms with Crippen LogP contribution in [0, 0.1) is 0 Å². The SMILES string of the molecule is CS(=O)(=O)c1cccc(C2=CCSCC2)c1-c1nn[nH]n1. The summed E-state index contributed by atoms with van der Waals surface area (Å²) in [5.41, 5.74) is 2.55. The molecule has 1 aliphatic rings. The molecule has 0 saturated carbocycles. The maximum atomic E-state index is 12.1. The van der Waals surface area contributed by atoms with Crippen LogP contribution in [0.5, 0.6) is 0 Å². The molecule has 3 rings (SSSR count). The van der Waals surface area contributed by atoms with Gasteiger partial charge in [-0.3, -0.25) is 0 Å². The van der Waals surface area contributed by atoms with Gasteiger partial charge < -0.3 is 0 Å². The van der Waals surface area contributed by atoms with Crippen molar-refractivity contribution < 1.29 is 8.42 Å². The van der Waals surface area contributed by atoms with Gasteiger partial charge in [0.1, 0.15) is 0 Å². The molecule has 1 N–H and O–H groups in total. The Kier molecular flexibility index (Phi) is 3.81. The zero-order valence-corrected chi connectivity index (χ0v) is 13.0. The van der Waals surface area contributed by atoms with Crippen LogP contribution in [0.15, 0.2) is 29.2 Å². The van der Waals surface area contributed by atoms with E-state index in [1.165, 1.54) is 6.26 Å². The number of rotatable bonds is 3. The molecule has 2 heterocycles. The molecular formula is C13H14N4O2S2. The molecule has 0 fully saturated rings. The van der Waals surface area contributed by atoms with Crippen molar-refractivity contribution in [2.24, 2.45) is 0 Å². The minimum Gasteiger partial charge on any atom is -0.224 e. The van der Waals surface area contributed by atoms with E-state index in [1.54, 1.807) is 12.1 Å². The number of benzene rings is 1. The van der Waals surface area contributed by atoms with Crippen molar-refractivity contribution in [3.05, 3.63) is 29.8 Å². The largest absolute Gasteiger partial charge is 0.224 e. The van der Waals surface area contributed by atoms with Gasteiger partial charge in [0.25, 0.3) is 0 Å². The van der Waals surface area contributed by atoms with Crippen LogP contribution in [0.3, 0.4) is 0 Å². The van der Waals surface area contributed by atoms with E-state index in [0.29, 0.717) is 11.4 Å². The Hall–Kier alpha value is -1.67. The van der Waals surface area contributed by atoms with Gasteiger partial charge in [-0.1, -0.05) is 18.2 Å². The van der Waals surface area contributed by atoms with Gasteiger partial charge in [0, 0.05) is 17.6 Å². The van der Waals surface area contributed by atoms with Crippen LogP contribution in [-0.4, -0.2) is 46.8 Å². The number of aromatic amines is 1. The Balaban J connectivity index is 2.28. The van der Waals surface area contributed by atoms with E-state index in [1.807, 2.05) is 17.8 Å². The highest BCUT2D eigenvalue weighted by molar-refractivity contribution is 7.99. The lowest BCUT2D eigenvalue weighted by molar-refractivity contribution is 0.602. The highest BCUT2D eigenvalue weighted by atomic mass is 32.2. The molecule has 0 amide bonds. The molecule has 0 bridgehead atoms. The predicted molar refractivity (Wildman–Crippen MR) is 82.6 cm³/mol. The van der Waals surface area contributed by atoms with Crippen molar-refractivity contribution in [1.29, 1.82) is 0 Å². The molecule has 0 radical (unpaired) electrons. The molecule has 0 spiro atoms. The Morgan fingerprint density at radius 3 is 2.81 bits per heavy atom. The van der Waals surface area contributed by atoms with E-state index in [0.717, 1.165) is 29.1 Å². The summed E-state index contributed by atoms with van der Waals surface area (Å²) in [5.74, 6) is 2.27. The lowest BCUT2D eigenvalue weighted by Crippen LogP contribution is -2.05. The Labute approximate surface area is 127 Å². The standard InChI is InChI=1S/C13H14N4O2S2/c1-21(18,19)11-4-2-3-10(9-5-7-20-8-6-9)12(11)13-14-16-17-15-13/h2-5H,6-8H2,1H3,(H,14,15,16,17). The highest BCUT2D eigenvalue weighted by Crippen LogP contribution is 2.35. The molecule has 110 valence electrons. The average Bonchev–Trinajstić information content (AvgIpc) is 3.00. The number of allylic oxidation sites excluding steroid dienone is 1. The van der Waals surface area contributed by atoms with Crippen LogP contribution in [0.25, 0.3) is 17.0 Å². The topological polar surface area (TPSA) is 88.6 Å².